The number of ketones is 1. The Labute approximate surface area is 100 Å². The lowest BCUT2D eigenvalue weighted by Crippen LogP contribution is -2.26. The summed E-state index contributed by atoms with van der Waals surface area (Å²) in [5, 5.41) is 0. The summed E-state index contributed by atoms with van der Waals surface area (Å²) in [4.78, 5) is 18.1. The fourth-order valence-electron chi connectivity index (χ4n) is 2.48. The van der Waals surface area contributed by atoms with Crippen molar-refractivity contribution in [2.24, 2.45) is 0 Å². The van der Waals surface area contributed by atoms with E-state index in [0.717, 1.165) is 36.2 Å². The van der Waals surface area contributed by atoms with Crippen molar-refractivity contribution >= 4 is 11.5 Å². The number of Topliss-reactive ketones (excluding diaryl/α,β-unsaturated/α-hetero) is 1. The van der Waals surface area contributed by atoms with E-state index in [2.05, 4.69) is 22.2 Å². The molecule has 1 aliphatic heterocycles. The van der Waals surface area contributed by atoms with Gasteiger partial charge >= 0.3 is 0 Å². The third kappa shape index (κ3) is 1.78. The van der Waals surface area contributed by atoms with E-state index in [0.29, 0.717) is 12.2 Å². The second-order valence-corrected chi connectivity index (χ2v) is 4.37. The van der Waals surface area contributed by atoms with Crippen LogP contribution in [0, 0.1) is 0 Å². The van der Waals surface area contributed by atoms with Gasteiger partial charge in [-0.25, -0.2) is 0 Å². The Balaban J connectivity index is 2.03. The van der Waals surface area contributed by atoms with Gasteiger partial charge in [-0.05, 0) is 31.4 Å². The van der Waals surface area contributed by atoms with Gasteiger partial charge in [-0.2, -0.15) is 0 Å². The van der Waals surface area contributed by atoms with Crippen molar-refractivity contribution in [3.05, 3.63) is 48.1 Å². The molecule has 0 aromatic carbocycles. The minimum atomic E-state index is 0.310. The summed E-state index contributed by atoms with van der Waals surface area (Å²) in [6, 6.07) is 3.94. The van der Waals surface area contributed by atoms with Crippen LogP contribution in [-0.2, 0) is 4.79 Å². The Kier molecular flexibility index (Phi) is 2.52. The molecule has 0 fully saturated rings. The highest BCUT2D eigenvalue weighted by Gasteiger charge is 2.25. The predicted octanol–water partition coefficient (Wildman–Crippen LogP) is 2.81. The van der Waals surface area contributed by atoms with Crippen LogP contribution in [0.3, 0.4) is 0 Å². The minimum absolute atomic E-state index is 0.310. The molecular formula is C14H14N2O. The van der Waals surface area contributed by atoms with Crippen molar-refractivity contribution < 1.29 is 4.79 Å². The van der Waals surface area contributed by atoms with Crippen LogP contribution < -0.4 is 4.90 Å². The monoisotopic (exact) mass is 226 g/mol. The Bertz CT molecular complexity index is 502. The summed E-state index contributed by atoms with van der Waals surface area (Å²) in [7, 11) is 0. The molecule has 1 aromatic heterocycles. The smallest absolute Gasteiger partial charge is 0.160 e. The predicted molar refractivity (Wildman–Crippen MR) is 66.4 cm³/mol. The lowest BCUT2D eigenvalue weighted by Gasteiger charge is -2.31. The molecule has 0 spiro atoms. The van der Waals surface area contributed by atoms with Crippen LogP contribution in [-0.4, -0.2) is 10.8 Å². The highest BCUT2D eigenvalue weighted by molar-refractivity contribution is 5.98. The maximum absolute atomic E-state index is 11.9. The molecule has 86 valence electrons. The number of carbonyl (C=O) groups is 1. The topological polar surface area (TPSA) is 33.2 Å². The number of pyridine rings is 1. The molecule has 0 saturated carbocycles. The molecule has 0 bridgehead atoms. The number of anilines is 1. The van der Waals surface area contributed by atoms with Crippen LogP contribution in [0.1, 0.15) is 25.7 Å². The molecule has 3 heteroatoms. The summed E-state index contributed by atoms with van der Waals surface area (Å²) in [5.41, 5.74) is 3.19. The van der Waals surface area contributed by atoms with E-state index in [1.807, 2.05) is 18.3 Å². The van der Waals surface area contributed by atoms with Crippen molar-refractivity contribution in [1.82, 2.24) is 4.98 Å². The summed E-state index contributed by atoms with van der Waals surface area (Å²) in [6.07, 6.45) is 11.1. The zero-order valence-electron chi connectivity index (χ0n) is 9.60. The molecule has 0 amide bonds. The molecule has 0 saturated heterocycles. The third-order valence-corrected chi connectivity index (χ3v) is 3.29. The maximum Gasteiger partial charge on any atom is 0.160 e. The van der Waals surface area contributed by atoms with E-state index in [9.17, 15) is 4.79 Å². The molecule has 0 atom stereocenters. The number of allylic oxidation sites excluding steroid dienone is 3. The van der Waals surface area contributed by atoms with Crippen LogP contribution in [0.5, 0.6) is 0 Å². The first kappa shape index (κ1) is 10.3. The Hall–Kier alpha value is -1.90. The average Bonchev–Trinajstić information content (AvgIpc) is 2.40. The molecule has 3 nitrogen and oxygen atoms in total. The fraction of sp³-hybridized carbons (Fsp3) is 0.286. The van der Waals surface area contributed by atoms with Gasteiger partial charge in [0, 0.05) is 30.1 Å². The van der Waals surface area contributed by atoms with Gasteiger partial charge in [-0.3, -0.25) is 9.78 Å². The van der Waals surface area contributed by atoms with Gasteiger partial charge in [0.25, 0.3) is 0 Å². The second kappa shape index (κ2) is 4.17. The molecule has 0 radical (unpaired) electrons. The zero-order valence-corrected chi connectivity index (χ0v) is 9.60. The largest absolute Gasteiger partial charge is 0.319 e. The van der Waals surface area contributed by atoms with Crippen molar-refractivity contribution in [2.45, 2.75) is 25.7 Å². The number of aromatic nitrogens is 1. The quantitative estimate of drug-likeness (QED) is 0.738. The molecule has 3 rings (SSSR count). The van der Waals surface area contributed by atoms with Gasteiger partial charge in [0.05, 0.1) is 11.9 Å². The van der Waals surface area contributed by atoms with Crippen LogP contribution >= 0.6 is 0 Å². The molecule has 17 heavy (non-hydrogen) atoms. The van der Waals surface area contributed by atoms with Gasteiger partial charge < -0.3 is 4.90 Å². The number of nitrogens with zero attached hydrogens (tertiary/aromatic N) is 2. The zero-order chi connectivity index (χ0) is 11.7. The first-order valence-corrected chi connectivity index (χ1v) is 5.97. The van der Waals surface area contributed by atoms with Crippen LogP contribution in [0.2, 0.25) is 0 Å². The summed E-state index contributed by atoms with van der Waals surface area (Å²) in [5.74, 6) is 0.310. The standard InChI is InChI=1S/C14H14N2O/c17-14-7-1-6-13-12(14)5-3-9-16(13)11-4-2-8-15-10-11/h2-4,8-10H,1,5-7H2. The van der Waals surface area contributed by atoms with Crippen molar-refractivity contribution in [2.75, 3.05) is 4.90 Å². The van der Waals surface area contributed by atoms with Gasteiger partial charge in [0.2, 0.25) is 0 Å². The fourth-order valence-corrected chi connectivity index (χ4v) is 2.48. The van der Waals surface area contributed by atoms with E-state index < -0.39 is 0 Å². The van der Waals surface area contributed by atoms with Crippen molar-refractivity contribution in [3.8, 4) is 0 Å². The lowest BCUT2D eigenvalue weighted by atomic mass is 9.90. The maximum atomic E-state index is 11.9. The summed E-state index contributed by atoms with van der Waals surface area (Å²) in [6.45, 7) is 0. The first-order chi connectivity index (χ1) is 8.36. The normalized spacial score (nSPS) is 19.5. The van der Waals surface area contributed by atoms with Gasteiger partial charge in [0.1, 0.15) is 0 Å². The Morgan fingerprint density at radius 2 is 2.24 bits per heavy atom. The van der Waals surface area contributed by atoms with Crippen molar-refractivity contribution in [3.63, 3.8) is 0 Å². The van der Waals surface area contributed by atoms with Crippen LogP contribution in [0.25, 0.3) is 0 Å². The third-order valence-electron chi connectivity index (χ3n) is 3.29. The molecule has 2 aliphatic rings. The Morgan fingerprint density at radius 3 is 3.06 bits per heavy atom. The van der Waals surface area contributed by atoms with E-state index in [4.69, 9.17) is 0 Å². The highest BCUT2D eigenvalue weighted by Crippen LogP contribution is 2.33. The van der Waals surface area contributed by atoms with Crippen LogP contribution in [0.15, 0.2) is 48.1 Å². The number of carbonyl (C=O) groups excluding carboxylic acids is 1. The number of hydrogen-bond acceptors (Lipinski definition) is 3. The molecule has 1 aliphatic carbocycles. The summed E-state index contributed by atoms with van der Waals surface area (Å²) < 4.78 is 0. The van der Waals surface area contributed by atoms with E-state index >= 15 is 0 Å². The van der Waals surface area contributed by atoms with Gasteiger partial charge in [-0.1, -0.05) is 6.08 Å². The number of rotatable bonds is 1. The van der Waals surface area contributed by atoms with Gasteiger partial charge in [0.15, 0.2) is 5.78 Å². The lowest BCUT2D eigenvalue weighted by molar-refractivity contribution is -0.116. The minimum Gasteiger partial charge on any atom is -0.319 e. The molecule has 1 aromatic rings. The van der Waals surface area contributed by atoms with E-state index in [-0.39, 0.29) is 0 Å². The van der Waals surface area contributed by atoms with Crippen LogP contribution in [0.4, 0.5) is 5.69 Å². The highest BCUT2D eigenvalue weighted by atomic mass is 16.1. The SMILES string of the molecule is O=C1CCCC2=C1CC=CN2c1cccnc1. The summed E-state index contributed by atoms with van der Waals surface area (Å²) >= 11 is 0. The molecule has 0 unspecified atom stereocenters. The molecule has 2 heterocycles. The van der Waals surface area contributed by atoms with E-state index in [1.165, 1.54) is 0 Å². The molecular weight excluding hydrogens is 212 g/mol. The first-order valence-electron chi connectivity index (χ1n) is 5.97. The second-order valence-electron chi connectivity index (χ2n) is 4.37. The van der Waals surface area contributed by atoms with Gasteiger partial charge in [-0.15, -0.1) is 0 Å². The average molecular weight is 226 g/mol. The molecule has 0 N–H and O–H groups in total. The number of hydrogen-bond donors (Lipinski definition) is 0. The Morgan fingerprint density at radius 1 is 1.29 bits per heavy atom. The van der Waals surface area contributed by atoms with Crippen molar-refractivity contribution in [1.29, 1.82) is 0 Å². The van der Waals surface area contributed by atoms with E-state index in [1.54, 1.807) is 6.20 Å².